The second kappa shape index (κ2) is 5.61. The average Bonchev–Trinajstić information content (AvgIpc) is 2.89. The smallest absolute Gasteiger partial charge is 0.276 e. The third kappa shape index (κ3) is 2.92. The molecule has 3 heterocycles. The lowest BCUT2D eigenvalue weighted by molar-refractivity contribution is -0.129. The van der Waals surface area contributed by atoms with Crippen LogP contribution in [0.2, 0.25) is 0 Å². The van der Waals surface area contributed by atoms with E-state index in [1.54, 1.807) is 36.2 Å². The van der Waals surface area contributed by atoms with Crippen molar-refractivity contribution in [3.05, 3.63) is 40.7 Å². The molecule has 0 spiro atoms. The van der Waals surface area contributed by atoms with E-state index < -0.39 is 0 Å². The Kier molecular flexibility index (Phi) is 3.66. The van der Waals surface area contributed by atoms with Crippen molar-refractivity contribution in [3.63, 3.8) is 0 Å². The molecule has 7 heteroatoms. The van der Waals surface area contributed by atoms with Gasteiger partial charge in [0.2, 0.25) is 5.91 Å². The van der Waals surface area contributed by atoms with Crippen molar-refractivity contribution in [1.82, 2.24) is 14.9 Å². The van der Waals surface area contributed by atoms with Crippen LogP contribution in [-0.4, -0.2) is 33.2 Å². The minimum absolute atomic E-state index is 0.0631. The molecule has 108 valence electrons. The van der Waals surface area contributed by atoms with Crippen molar-refractivity contribution in [2.24, 2.45) is 0 Å². The number of nitrogens with one attached hydrogen (secondary N) is 1. The van der Waals surface area contributed by atoms with Crippen LogP contribution >= 0.6 is 11.3 Å². The van der Waals surface area contributed by atoms with Crippen LogP contribution in [0.5, 0.6) is 0 Å². The number of hydrogen-bond acceptors (Lipinski definition) is 5. The molecule has 0 radical (unpaired) electrons. The fourth-order valence-corrected chi connectivity index (χ4v) is 3.19. The van der Waals surface area contributed by atoms with E-state index in [1.807, 2.05) is 0 Å². The summed E-state index contributed by atoms with van der Waals surface area (Å²) in [6, 6.07) is 5.18. The van der Waals surface area contributed by atoms with Gasteiger partial charge in [-0.3, -0.25) is 19.9 Å². The van der Waals surface area contributed by atoms with E-state index in [0.29, 0.717) is 23.9 Å². The Balaban J connectivity index is 1.74. The summed E-state index contributed by atoms with van der Waals surface area (Å²) < 4.78 is 0. The highest BCUT2D eigenvalue weighted by atomic mass is 32.1. The van der Waals surface area contributed by atoms with Crippen LogP contribution in [0.4, 0.5) is 5.13 Å². The van der Waals surface area contributed by atoms with Gasteiger partial charge < -0.3 is 4.90 Å². The zero-order valence-electron chi connectivity index (χ0n) is 11.5. The van der Waals surface area contributed by atoms with Gasteiger partial charge in [0.25, 0.3) is 5.91 Å². The van der Waals surface area contributed by atoms with Gasteiger partial charge in [0, 0.05) is 31.0 Å². The van der Waals surface area contributed by atoms with E-state index in [-0.39, 0.29) is 11.8 Å². The highest BCUT2D eigenvalue weighted by molar-refractivity contribution is 7.15. The Hall–Kier alpha value is -2.28. The second-order valence-electron chi connectivity index (χ2n) is 4.75. The first kappa shape index (κ1) is 13.7. The highest BCUT2D eigenvalue weighted by Gasteiger charge is 2.22. The number of pyridine rings is 1. The quantitative estimate of drug-likeness (QED) is 0.916. The van der Waals surface area contributed by atoms with Crippen LogP contribution in [0, 0.1) is 0 Å². The van der Waals surface area contributed by atoms with E-state index in [2.05, 4.69) is 15.3 Å². The fourth-order valence-electron chi connectivity index (χ4n) is 2.18. The molecule has 3 rings (SSSR count). The number of fused-ring (bicyclic) bond motifs is 1. The Morgan fingerprint density at radius 2 is 2.24 bits per heavy atom. The van der Waals surface area contributed by atoms with Crippen LogP contribution in [0.25, 0.3) is 0 Å². The summed E-state index contributed by atoms with van der Waals surface area (Å²) in [7, 11) is 0. The molecule has 21 heavy (non-hydrogen) atoms. The van der Waals surface area contributed by atoms with Crippen molar-refractivity contribution in [2.45, 2.75) is 19.9 Å². The van der Waals surface area contributed by atoms with Gasteiger partial charge in [0.15, 0.2) is 5.13 Å². The lowest BCUT2D eigenvalue weighted by atomic mass is 10.2. The normalized spacial score (nSPS) is 13.7. The van der Waals surface area contributed by atoms with Crippen molar-refractivity contribution in [2.75, 3.05) is 11.9 Å². The molecule has 0 bridgehead atoms. The number of hydrogen-bond donors (Lipinski definition) is 1. The van der Waals surface area contributed by atoms with E-state index in [0.717, 1.165) is 17.0 Å². The predicted octanol–water partition coefficient (Wildman–Crippen LogP) is 1.70. The Labute approximate surface area is 125 Å². The van der Waals surface area contributed by atoms with Gasteiger partial charge in [-0.2, -0.15) is 0 Å². The van der Waals surface area contributed by atoms with Crippen LogP contribution in [0.15, 0.2) is 24.4 Å². The number of anilines is 1. The molecule has 0 fully saturated rings. The molecule has 1 aliphatic heterocycles. The molecule has 0 atom stereocenters. The molecule has 1 aliphatic rings. The topological polar surface area (TPSA) is 75.2 Å². The zero-order valence-corrected chi connectivity index (χ0v) is 12.3. The third-order valence-electron chi connectivity index (χ3n) is 3.29. The van der Waals surface area contributed by atoms with Gasteiger partial charge in [-0.25, -0.2) is 4.98 Å². The van der Waals surface area contributed by atoms with E-state index in [1.165, 1.54) is 11.3 Å². The Morgan fingerprint density at radius 3 is 2.95 bits per heavy atom. The van der Waals surface area contributed by atoms with Gasteiger partial charge in [0.1, 0.15) is 5.69 Å². The molecule has 0 saturated heterocycles. The molecular formula is C14H14N4O2S. The van der Waals surface area contributed by atoms with Crippen molar-refractivity contribution in [1.29, 1.82) is 0 Å². The molecule has 2 aromatic heterocycles. The van der Waals surface area contributed by atoms with Gasteiger partial charge in [-0.05, 0) is 12.1 Å². The minimum atomic E-state index is -0.273. The lowest BCUT2D eigenvalue weighted by Crippen LogP contribution is -2.33. The zero-order chi connectivity index (χ0) is 14.8. The Morgan fingerprint density at radius 1 is 1.38 bits per heavy atom. The van der Waals surface area contributed by atoms with E-state index >= 15 is 0 Å². The standard InChI is InChI=1S/C14H14N4O2S/c1-9(19)18-7-5-10-12(8-18)21-14(16-10)17-13(20)11-4-2-3-6-15-11/h2-4,6H,5,7-8H2,1H3,(H,16,17,20). The molecule has 0 saturated carbocycles. The predicted molar refractivity (Wildman–Crippen MR) is 79.1 cm³/mol. The number of thiazole rings is 1. The van der Waals surface area contributed by atoms with E-state index in [9.17, 15) is 9.59 Å². The number of carbonyl (C=O) groups excluding carboxylic acids is 2. The summed E-state index contributed by atoms with van der Waals surface area (Å²) in [4.78, 5) is 34.7. The second-order valence-corrected chi connectivity index (χ2v) is 5.83. The van der Waals surface area contributed by atoms with Gasteiger partial charge >= 0.3 is 0 Å². The third-order valence-corrected chi connectivity index (χ3v) is 4.29. The first-order valence-corrected chi connectivity index (χ1v) is 7.41. The van der Waals surface area contributed by atoms with Gasteiger partial charge in [-0.15, -0.1) is 0 Å². The molecule has 2 aromatic rings. The van der Waals surface area contributed by atoms with Crippen LogP contribution in [-0.2, 0) is 17.8 Å². The molecule has 0 aromatic carbocycles. The van der Waals surface area contributed by atoms with Gasteiger partial charge in [-0.1, -0.05) is 17.4 Å². The van der Waals surface area contributed by atoms with Crippen molar-refractivity contribution >= 4 is 28.3 Å². The fraction of sp³-hybridized carbons (Fsp3) is 0.286. The summed E-state index contributed by atoms with van der Waals surface area (Å²) in [5.41, 5.74) is 1.32. The first-order valence-electron chi connectivity index (χ1n) is 6.60. The number of carbonyl (C=O) groups is 2. The van der Waals surface area contributed by atoms with Crippen molar-refractivity contribution < 1.29 is 9.59 Å². The number of aromatic nitrogens is 2. The minimum Gasteiger partial charge on any atom is -0.337 e. The van der Waals surface area contributed by atoms with Crippen molar-refractivity contribution in [3.8, 4) is 0 Å². The summed E-state index contributed by atoms with van der Waals surface area (Å²) in [5.74, 6) is -0.210. The first-order chi connectivity index (χ1) is 10.1. The number of rotatable bonds is 2. The highest BCUT2D eigenvalue weighted by Crippen LogP contribution is 2.28. The summed E-state index contributed by atoms with van der Waals surface area (Å²) in [6.45, 7) is 2.82. The SMILES string of the molecule is CC(=O)N1CCc2nc(NC(=O)c3ccccn3)sc2C1. The molecule has 1 N–H and O–H groups in total. The summed E-state index contributed by atoms with van der Waals surface area (Å²) in [6.07, 6.45) is 2.30. The Bertz CT molecular complexity index is 684. The number of amides is 2. The largest absolute Gasteiger partial charge is 0.337 e. The number of nitrogens with zero attached hydrogens (tertiary/aromatic N) is 3. The summed E-state index contributed by atoms with van der Waals surface area (Å²) in [5, 5.41) is 3.32. The van der Waals surface area contributed by atoms with Crippen LogP contribution in [0.1, 0.15) is 28.0 Å². The monoisotopic (exact) mass is 302 g/mol. The van der Waals surface area contributed by atoms with Gasteiger partial charge in [0.05, 0.1) is 12.2 Å². The maximum absolute atomic E-state index is 12.0. The van der Waals surface area contributed by atoms with Crippen LogP contribution < -0.4 is 5.32 Å². The molecule has 2 amide bonds. The molecule has 0 unspecified atom stereocenters. The van der Waals surface area contributed by atoms with E-state index in [4.69, 9.17) is 0 Å². The molecule has 6 nitrogen and oxygen atoms in total. The average molecular weight is 302 g/mol. The molecule has 0 aliphatic carbocycles. The molecular weight excluding hydrogens is 288 g/mol. The maximum atomic E-state index is 12.0. The lowest BCUT2D eigenvalue weighted by Gasteiger charge is -2.24. The summed E-state index contributed by atoms with van der Waals surface area (Å²) >= 11 is 1.41. The van der Waals surface area contributed by atoms with Crippen LogP contribution in [0.3, 0.4) is 0 Å². The maximum Gasteiger partial charge on any atom is 0.276 e.